The Hall–Kier alpha value is -1.40. The maximum absolute atomic E-state index is 5.29. The van der Waals surface area contributed by atoms with Gasteiger partial charge in [0.25, 0.3) is 0 Å². The summed E-state index contributed by atoms with van der Waals surface area (Å²) in [7, 11) is 0. The van der Waals surface area contributed by atoms with E-state index in [9.17, 15) is 0 Å². The predicted molar refractivity (Wildman–Crippen MR) is 68.6 cm³/mol. The molecule has 0 amide bonds. The Morgan fingerprint density at radius 3 is 2.76 bits per heavy atom. The zero-order chi connectivity index (χ0) is 12.1. The van der Waals surface area contributed by atoms with Crippen LogP contribution in [-0.4, -0.2) is 40.5 Å². The maximum atomic E-state index is 5.29. The van der Waals surface area contributed by atoms with E-state index in [1.165, 1.54) is 25.9 Å². The molecule has 1 aromatic rings. The van der Waals surface area contributed by atoms with Crippen molar-refractivity contribution in [3.63, 3.8) is 0 Å². The third-order valence-corrected chi connectivity index (χ3v) is 3.13. The Labute approximate surface area is 102 Å². The van der Waals surface area contributed by atoms with E-state index in [2.05, 4.69) is 32.5 Å². The molecule has 0 spiro atoms. The molecule has 1 aliphatic rings. The first-order valence-electron chi connectivity index (χ1n) is 6.06. The van der Waals surface area contributed by atoms with E-state index in [-0.39, 0.29) is 0 Å². The van der Waals surface area contributed by atoms with Gasteiger partial charge >= 0.3 is 0 Å². The van der Waals surface area contributed by atoms with Gasteiger partial charge in [0.2, 0.25) is 0 Å². The fourth-order valence-electron chi connectivity index (χ4n) is 2.08. The lowest BCUT2D eigenvalue weighted by Crippen LogP contribution is -2.35. The van der Waals surface area contributed by atoms with Crippen LogP contribution in [0, 0.1) is 0 Å². The smallest absolute Gasteiger partial charge is 0.160 e. The standard InChI is InChI=1S/C11H20N6/c1-9(17-4-2-3-5-17)6-14-10-7-13-8-11(15-10)16-12/h7-9H,2-6,12H2,1H3,(H2,14,15,16). The van der Waals surface area contributed by atoms with Gasteiger partial charge < -0.3 is 10.7 Å². The second-order valence-electron chi connectivity index (χ2n) is 4.41. The van der Waals surface area contributed by atoms with Crippen molar-refractivity contribution in [1.82, 2.24) is 14.9 Å². The maximum Gasteiger partial charge on any atom is 0.160 e. The molecule has 1 aromatic heterocycles. The van der Waals surface area contributed by atoms with Gasteiger partial charge in [0.1, 0.15) is 5.82 Å². The third kappa shape index (κ3) is 3.28. The Morgan fingerprint density at radius 1 is 1.35 bits per heavy atom. The fraction of sp³-hybridized carbons (Fsp3) is 0.636. The van der Waals surface area contributed by atoms with E-state index < -0.39 is 0 Å². The molecule has 2 rings (SSSR count). The Morgan fingerprint density at radius 2 is 2.06 bits per heavy atom. The van der Waals surface area contributed by atoms with E-state index in [4.69, 9.17) is 5.84 Å². The summed E-state index contributed by atoms with van der Waals surface area (Å²) in [6, 6.07) is 0.522. The molecule has 0 aromatic carbocycles. The summed E-state index contributed by atoms with van der Waals surface area (Å²) in [5, 5.41) is 3.29. The van der Waals surface area contributed by atoms with Crippen LogP contribution in [0.3, 0.4) is 0 Å². The quantitative estimate of drug-likeness (QED) is 0.515. The molecule has 1 saturated heterocycles. The van der Waals surface area contributed by atoms with Crippen LogP contribution in [0.1, 0.15) is 19.8 Å². The molecule has 0 aliphatic carbocycles. The van der Waals surface area contributed by atoms with E-state index >= 15 is 0 Å². The number of hydrazine groups is 1. The molecule has 1 unspecified atom stereocenters. The number of hydrogen-bond donors (Lipinski definition) is 3. The zero-order valence-electron chi connectivity index (χ0n) is 10.2. The number of nitrogens with two attached hydrogens (primary N) is 1. The SMILES string of the molecule is CC(CNc1cncc(NN)n1)N1CCCC1. The molecule has 1 aliphatic heterocycles. The molecule has 6 nitrogen and oxygen atoms in total. The third-order valence-electron chi connectivity index (χ3n) is 3.13. The molecule has 0 saturated carbocycles. The first kappa shape index (κ1) is 12.1. The normalized spacial score (nSPS) is 18.0. The Bertz CT molecular complexity index is 350. The molecule has 6 heteroatoms. The average Bonchev–Trinajstić information content (AvgIpc) is 2.90. The number of nitrogen functional groups attached to an aromatic ring is 1. The lowest BCUT2D eigenvalue weighted by molar-refractivity contribution is 0.269. The van der Waals surface area contributed by atoms with Crippen molar-refractivity contribution in [2.75, 3.05) is 30.4 Å². The van der Waals surface area contributed by atoms with Crippen LogP contribution in [0.2, 0.25) is 0 Å². The minimum Gasteiger partial charge on any atom is -0.367 e. The van der Waals surface area contributed by atoms with Crippen molar-refractivity contribution in [1.29, 1.82) is 0 Å². The summed E-state index contributed by atoms with van der Waals surface area (Å²) in [5.41, 5.74) is 2.49. The van der Waals surface area contributed by atoms with Crippen molar-refractivity contribution < 1.29 is 0 Å². The molecule has 17 heavy (non-hydrogen) atoms. The highest BCUT2D eigenvalue weighted by Gasteiger charge is 2.17. The second-order valence-corrected chi connectivity index (χ2v) is 4.41. The number of aromatic nitrogens is 2. The summed E-state index contributed by atoms with van der Waals surface area (Å²) in [6.45, 7) is 5.53. The highest BCUT2D eigenvalue weighted by atomic mass is 15.3. The highest BCUT2D eigenvalue weighted by molar-refractivity contribution is 5.40. The molecular weight excluding hydrogens is 216 g/mol. The molecule has 4 N–H and O–H groups in total. The second kappa shape index (κ2) is 5.79. The lowest BCUT2D eigenvalue weighted by Gasteiger charge is -2.24. The lowest BCUT2D eigenvalue weighted by atomic mass is 10.3. The number of hydrogen-bond acceptors (Lipinski definition) is 6. The Balaban J connectivity index is 1.83. The molecular formula is C11H20N6. The largest absolute Gasteiger partial charge is 0.367 e. The zero-order valence-corrected chi connectivity index (χ0v) is 10.2. The van der Waals surface area contributed by atoms with Gasteiger partial charge in [0, 0.05) is 12.6 Å². The number of rotatable bonds is 5. The molecule has 0 bridgehead atoms. The van der Waals surface area contributed by atoms with Gasteiger partial charge in [-0.3, -0.25) is 9.88 Å². The van der Waals surface area contributed by atoms with Crippen molar-refractivity contribution >= 4 is 11.6 Å². The van der Waals surface area contributed by atoms with Crippen LogP contribution in [0.25, 0.3) is 0 Å². The molecule has 1 fully saturated rings. The topological polar surface area (TPSA) is 79.1 Å². The summed E-state index contributed by atoms with van der Waals surface area (Å²) >= 11 is 0. The average molecular weight is 236 g/mol. The van der Waals surface area contributed by atoms with Crippen molar-refractivity contribution in [2.24, 2.45) is 5.84 Å². The van der Waals surface area contributed by atoms with Gasteiger partial charge in [-0.15, -0.1) is 0 Å². The number of nitrogens with zero attached hydrogens (tertiary/aromatic N) is 3. The van der Waals surface area contributed by atoms with Crippen LogP contribution in [0.4, 0.5) is 11.6 Å². The summed E-state index contributed by atoms with van der Waals surface area (Å²) in [4.78, 5) is 10.8. The highest BCUT2D eigenvalue weighted by Crippen LogP contribution is 2.12. The van der Waals surface area contributed by atoms with E-state index in [1.54, 1.807) is 12.4 Å². The van der Waals surface area contributed by atoms with Crippen LogP contribution >= 0.6 is 0 Å². The van der Waals surface area contributed by atoms with Gasteiger partial charge in [0.15, 0.2) is 5.82 Å². The van der Waals surface area contributed by atoms with Crippen LogP contribution in [-0.2, 0) is 0 Å². The first-order valence-corrected chi connectivity index (χ1v) is 6.06. The van der Waals surface area contributed by atoms with Gasteiger partial charge in [0.05, 0.1) is 12.4 Å². The van der Waals surface area contributed by atoms with Gasteiger partial charge in [-0.25, -0.2) is 10.8 Å². The van der Waals surface area contributed by atoms with Crippen LogP contribution < -0.4 is 16.6 Å². The minimum atomic E-state index is 0.522. The number of likely N-dealkylation sites (tertiary alicyclic amines) is 1. The molecule has 2 heterocycles. The monoisotopic (exact) mass is 236 g/mol. The van der Waals surface area contributed by atoms with Gasteiger partial charge in [-0.2, -0.15) is 0 Å². The van der Waals surface area contributed by atoms with Crippen LogP contribution in [0.15, 0.2) is 12.4 Å². The van der Waals surface area contributed by atoms with Gasteiger partial charge in [-0.1, -0.05) is 0 Å². The number of anilines is 2. The molecule has 1 atom stereocenters. The first-order chi connectivity index (χ1) is 8.29. The van der Waals surface area contributed by atoms with Crippen LogP contribution in [0.5, 0.6) is 0 Å². The molecule has 0 radical (unpaired) electrons. The fourth-order valence-corrected chi connectivity index (χ4v) is 2.08. The van der Waals surface area contributed by atoms with E-state index in [1.807, 2.05) is 0 Å². The van der Waals surface area contributed by atoms with Gasteiger partial charge in [-0.05, 0) is 32.9 Å². The van der Waals surface area contributed by atoms with Crippen molar-refractivity contribution in [2.45, 2.75) is 25.8 Å². The van der Waals surface area contributed by atoms with E-state index in [0.29, 0.717) is 11.9 Å². The Kier molecular flexibility index (Phi) is 4.11. The minimum absolute atomic E-state index is 0.522. The number of nitrogens with one attached hydrogen (secondary N) is 2. The summed E-state index contributed by atoms with van der Waals surface area (Å²) in [6.07, 6.45) is 5.93. The summed E-state index contributed by atoms with van der Waals surface area (Å²) in [5.74, 6) is 6.61. The van der Waals surface area contributed by atoms with Crippen molar-refractivity contribution in [3.8, 4) is 0 Å². The summed E-state index contributed by atoms with van der Waals surface area (Å²) < 4.78 is 0. The van der Waals surface area contributed by atoms with E-state index in [0.717, 1.165) is 12.4 Å². The van der Waals surface area contributed by atoms with Crippen molar-refractivity contribution in [3.05, 3.63) is 12.4 Å². The molecule has 94 valence electrons. The predicted octanol–water partition coefficient (Wildman–Crippen LogP) is 0.658.